The number of amides is 2. The lowest BCUT2D eigenvalue weighted by molar-refractivity contribution is 0.197. The standard InChI is InChI=1S/C16H22N4O2S/c1-11-9-23-10-13(11)3-17-16(22)20-6-14(8-21)15(7-20)12-4-18-19(2)5-12/h4-5,9-10,14-15,21H,3,6-8H2,1-2H3,(H,17,22)/t14-,15-/m0/s1. The molecule has 2 N–H and O–H groups in total. The molecule has 0 radical (unpaired) electrons. The average molecular weight is 334 g/mol. The number of carbonyl (C=O) groups is 1. The van der Waals surface area contributed by atoms with Gasteiger partial charge in [0.1, 0.15) is 0 Å². The van der Waals surface area contributed by atoms with Crippen molar-refractivity contribution >= 4 is 17.4 Å². The second-order valence-corrected chi connectivity index (χ2v) is 6.88. The van der Waals surface area contributed by atoms with Gasteiger partial charge < -0.3 is 15.3 Å². The summed E-state index contributed by atoms with van der Waals surface area (Å²) in [5, 5.41) is 21.0. The Morgan fingerprint density at radius 1 is 1.48 bits per heavy atom. The monoisotopic (exact) mass is 334 g/mol. The van der Waals surface area contributed by atoms with Crippen molar-refractivity contribution < 1.29 is 9.90 Å². The van der Waals surface area contributed by atoms with Crippen molar-refractivity contribution in [1.29, 1.82) is 0 Å². The predicted molar refractivity (Wildman–Crippen MR) is 89.4 cm³/mol. The van der Waals surface area contributed by atoms with Crippen LogP contribution < -0.4 is 5.32 Å². The van der Waals surface area contributed by atoms with E-state index in [1.807, 2.05) is 26.4 Å². The Bertz CT molecular complexity index is 681. The minimum Gasteiger partial charge on any atom is -0.396 e. The van der Waals surface area contributed by atoms with Gasteiger partial charge in [-0.05, 0) is 34.4 Å². The molecule has 7 heteroatoms. The summed E-state index contributed by atoms with van der Waals surface area (Å²) >= 11 is 1.65. The summed E-state index contributed by atoms with van der Waals surface area (Å²) in [6, 6.07) is -0.0690. The van der Waals surface area contributed by atoms with Crippen molar-refractivity contribution in [3.63, 3.8) is 0 Å². The Labute approximate surface area is 139 Å². The Morgan fingerprint density at radius 3 is 2.91 bits per heavy atom. The van der Waals surface area contributed by atoms with E-state index in [0.717, 1.165) is 11.1 Å². The van der Waals surface area contributed by atoms with E-state index in [0.29, 0.717) is 19.6 Å². The van der Waals surface area contributed by atoms with Crippen molar-refractivity contribution in [1.82, 2.24) is 20.0 Å². The number of aryl methyl sites for hydroxylation is 2. The van der Waals surface area contributed by atoms with Crippen LogP contribution in [0.2, 0.25) is 0 Å². The van der Waals surface area contributed by atoms with Gasteiger partial charge in [0.15, 0.2) is 0 Å². The number of aliphatic hydroxyl groups excluding tert-OH is 1. The molecule has 0 unspecified atom stereocenters. The van der Waals surface area contributed by atoms with Crippen LogP contribution >= 0.6 is 11.3 Å². The first-order chi connectivity index (χ1) is 11.1. The molecule has 0 bridgehead atoms. The van der Waals surface area contributed by atoms with Gasteiger partial charge in [-0.15, -0.1) is 0 Å². The van der Waals surface area contributed by atoms with E-state index in [4.69, 9.17) is 0 Å². The highest BCUT2D eigenvalue weighted by atomic mass is 32.1. The molecule has 1 fully saturated rings. The molecule has 124 valence electrons. The summed E-state index contributed by atoms with van der Waals surface area (Å²) in [5.41, 5.74) is 3.44. The molecular weight excluding hydrogens is 312 g/mol. The smallest absolute Gasteiger partial charge is 0.317 e. The highest BCUT2D eigenvalue weighted by Crippen LogP contribution is 2.32. The van der Waals surface area contributed by atoms with Gasteiger partial charge in [0, 0.05) is 51.3 Å². The van der Waals surface area contributed by atoms with E-state index in [-0.39, 0.29) is 24.5 Å². The SMILES string of the molecule is Cc1cscc1CNC(=O)N1C[C@@H](CO)[C@H](c2cnn(C)c2)C1. The Morgan fingerprint density at radius 2 is 2.30 bits per heavy atom. The molecule has 2 atom stereocenters. The van der Waals surface area contributed by atoms with Gasteiger partial charge in [-0.3, -0.25) is 4.68 Å². The zero-order chi connectivity index (χ0) is 16.4. The molecule has 1 saturated heterocycles. The fourth-order valence-electron chi connectivity index (χ4n) is 3.08. The van der Waals surface area contributed by atoms with E-state index < -0.39 is 0 Å². The van der Waals surface area contributed by atoms with Crippen LogP contribution in [0.5, 0.6) is 0 Å². The lowest BCUT2D eigenvalue weighted by atomic mass is 9.92. The molecule has 0 aliphatic carbocycles. The second kappa shape index (κ2) is 6.72. The van der Waals surface area contributed by atoms with Crippen molar-refractivity contribution in [3.05, 3.63) is 39.8 Å². The maximum atomic E-state index is 12.4. The van der Waals surface area contributed by atoms with Gasteiger partial charge in [-0.25, -0.2) is 4.79 Å². The maximum Gasteiger partial charge on any atom is 0.317 e. The number of nitrogens with one attached hydrogen (secondary N) is 1. The van der Waals surface area contributed by atoms with Crippen LogP contribution in [0.25, 0.3) is 0 Å². The first-order valence-corrected chi connectivity index (χ1v) is 8.66. The number of aromatic nitrogens is 2. The zero-order valence-electron chi connectivity index (χ0n) is 13.4. The van der Waals surface area contributed by atoms with Crippen LogP contribution in [0.3, 0.4) is 0 Å². The van der Waals surface area contributed by atoms with Crippen LogP contribution in [0.4, 0.5) is 4.79 Å². The first-order valence-electron chi connectivity index (χ1n) is 7.72. The molecule has 0 saturated carbocycles. The van der Waals surface area contributed by atoms with E-state index in [2.05, 4.69) is 21.2 Å². The third-order valence-electron chi connectivity index (χ3n) is 4.51. The van der Waals surface area contributed by atoms with E-state index in [1.165, 1.54) is 5.56 Å². The molecular formula is C16H22N4O2S. The summed E-state index contributed by atoms with van der Waals surface area (Å²) in [6.45, 7) is 3.86. The van der Waals surface area contributed by atoms with E-state index >= 15 is 0 Å². The number of thiophene rings is 1. The molecule has 0 spiro atoms. The molecule has 0 aromatic carbocycles. The fourth-order valence-corrected chi connectivity index (χ4v) is 3.94. The fraction of sp³-hybridized carbons (Fsp3) is 0.500. The normalized spacial score (nSPS) is 20.9. The molecule has 1 aliphatic heterocycles. The number of hydrogen-bond donors (Lipinski definition) is 2. The minimum atomic E-state index is -0.0690. The highest BCUT2D eigenvalue weighted by Gasteiger charge is 2.36. The van der Waals surface area contributed by atoms with Crippen LogP contribution in [0.15, 0.2) is 23.2 Å². The van der Waals surface area contributed by atoms with Gasteiger partial charge in [-0.1, -0.05) is 0 Å². The molecule has 23 heavy (non-hydrogen) atoms. The van der Waals surface area contributed by atoms with Crippen LogP contribution in [-0.4, -0.2) is 45.5 Å². The number of nitrogens with zero attached hydrogens (tertiary/aromatic N) is 3. The Hall–Kier alpha value is -1.86. The van der Waals surface area contributed by atoms with E-state index in [9.17, 15) is 9.90 Å². The number of carbonyl (C=O) groups excluding carboxylic acids is 1. The van der Waals surface area contributed by atoms with E-state index in [1.54, 1.807) is 20.9 Å². The Balaban J connectivity index is 1.62. The van der Waals surface area contributed by atoms with Crippen LogP contribution in [0.1, 0.15) is 22.6 Å². The largest absolute Gasteiger partial charge is 0.396 e. The third kappa shape index (κ3) is 3.40. The summed E-state index contributed by atoms with van der Waals surface area (Å²) in [6.07, 6.45) is 3.78. The number of rotatable bonds is 4. The van der Waals surface area contributed by atoms with Crippen molar-refractivity contribution in [3.8, 4) is 0 Å². The van der Waals surface area contributed by atoms with Crippen molar-refractivity contribution in [2.75, 3.05) is 19.7 Å². The minimum absolute atomic E-state index is 0.0628. The number of likely N-dealkylation sites (tertiary alicyclic amines) is 1. The lowest BCUT2D eigenvalue weighted by Gasteiger charge is -2.17. The number of urea groups is 1. The molecule has 2 amide bonds. The van der Waals surface area contributed by atoms with Crippen LogP contribution in [-0.2, 0) is 13.6 Å². The molecule has 2 aromatic rings. The maximum absolute atomic E-state index is 12.4. The Kier molecular flexibility index (Phi) is 4.68. The zero-order valence-corrected chi connectivity index (χ0v) is 14.2. The molecule has 6 nitrogen and oxygen atoms in total. The molecule has 1 aliphatic rings. The van der Waals surface area contributed by atoms with Crippen LogP contribution in [0, 0.1) is 12.8 Å². The van der Waals surface area contributed by atoms with Gasteiger partial charge >= 0.3 is 6.03 Å². The first kappa shape index (κ1) is 16.0. The van der Waals surface area contributed by atoms with Gasteiger partial charge in [0.25, 0.3) is 0 Å². The molecule has 3 heterocycles. The number of aliphatic hydroxyl groups is 1. The van der Waals surface area contributed by atoms with Crippen molar-refractivity contribution in [2.45, 2.75) is 19.4 Å². The summed E-state index contributed by atoms with van der Waals surface area (Å²) in [5.74, 6) is 0.204. The topological polar surface area (TPSA) is 70.4 Å². The average Bonchev–Trinajstić information content (AvgIpc) is 3.24. The summed E-state index contributed by atoms with van der Waals surface area (Å²) < 4.78 is 1.76. The van der Waals surface area contributed by atoms with Gasteiger partial charge in [-0.2, -0.15) is 16.4 Å². The van der Waals surface area contributed by atoms with Crippen molar-refractivity contribution in [2.24, 2.45) is 13.0 Å². The van der Waals surface area contributed by atoms with Gasteiger partial charge in [0.05, 0.1) is 6.20 Å². The molecule has 2 aromatic heterocycles. The highest BCUT2D eigenvalue weighted by molar-refractivity contribution is 7.08. The quantitative estimate of drug-likeness (QED) is 0.894. The summed E-state index contributed by atoms with van der Waals surface area (Å²) in [7, 11) is 1.88. The predicted octanol–water partition coefficient (Wildman–Crippen LogP) is 1.71. The number of hydrogen-bond acceptors (Lipinski definition) is 4. The summed E-state index contributed by atoms with van der Waals surface area (Å²) in [4.78, 5) is 14.2. The lowest BCUT2D eigenvalue weighted by Crippen LogP contribution is -2.38. The second-order valence-electron chi connectivity index (χ2n) is 6.14. The third-order valence-corrected chi connectivity index (χ3v) is 5.42. The van der Waals surface area contributed by atoms with Gasteiger partial charge in [0.2, 0.25) is 0 Å². The molecule has 3 rings (SSSR count).